The summed E-state index contributed by atoms with van der Waals surface area (Å²) in [6, 6.07) is 5.68. The van der Waals surface area contributed by atoms with E-state index in [1.807, 2.05) is 34.0 Å². The van der Waals surface area contributed by atoms with Crippen molar-refractivity contribution < 1.29 is 14.4 Å². The number of Topliss-reactive ketones (excluding diaryl/α,β-unsaturated/α-hetero) is 1. The molecule has 0 radical (unpaired) electrons. The number of hydrogen-bond donors (Lipinski definition) is 2. The van der Waals surface area contributed by atoms with Crippen molar-refractivity contribution in [3.8, 4) is 0 Å². The lowest BCUT2D eigenvalue weighted by Crippen LogP contribution is -2.49. The van der Waals surface area contributed by atoms with E-state index in [4.69, 9.17) is 5.73 Å². The number of carbonyl (C=O) groups is 3. The second-order valence-electron chi connectivity index (χ2n) is 12.0. The van der Waals surface area contributed by atoms with E-state index in [1.165, 1.54) is 0 Å². The molecule has 0 atom stereocenters. The zero-order valence-electron chi connectivity index (χ0n) is 21.1. The molecule has 2 fully saturated rings. The maximum atomic E-state index is 13.7. The molecule has 1 spiro atoms. The number of aromatic nitrogens is 4. The first-order valence-electron chi connectivity index (χ1n) is 12.7. The highest BCUT2D eigenvalue weighted by Crippen LogP contribution is 2.51. The van der Waals surface area contributed by atoms with Crippen LogP contribution in [-0.4, -0.2) is 55.6 Å². The summed E-state index contributed by atoms with van der Waals surface area (Å²) in [5, 5.41) is 12.2. The third-order valence-electron chi connectivity index (χ3n) is 8.46. The van der Waals surface area contributed by atoms with Crippen molar-refractivity contribution in [2.24, 2.45) is 11.1 Å². The molecule has 0 bridgehead atoms. The van der Waals surface area contributed by atoms with Crippen molar-refractivity contribution >= 4 is 28.5 Å². The predicted octanol–water partition coefficient (Wildman–Crippen LogP) is 3.08. The van der Waals surface area contributed by atoms with Crippen LogP contribution in [0.15, 0.2) is 24.4 Å². The zero-order chi connectivity index (χ0) is 25.5. The molecule has 0 unspecified atom stereocenters. The summed E-state index contributed by atoms with van der Waals surface area (Å²) in [6.45, 7) is 7.59. The van der Waals surface area contributed by atoms with Gasteiger partial charge in [-0.2, -0.15) is 10.2 Å². The number of primary amides is 1. The van der Waals surface area contributed by atoms with Gasteiger partial charge in [0, 0.05) is 36.7 Å². The minimum absolute atomic E-state index is 0.0939. The molecule has 3 aliphatic rings. The summed E-state index contributed by atoms with van der Waals surface area (Å²) in [6.07, 6.45) is 6.65. The number of ketones is 1. The van der Waals surface area contributed by atoms with Crippen molar-refractivity contribution in [2.75, 3.05) is 13.1 Å². The molecule has 1 saturated carbocycles. The number of H-pyrrole nitrogens is 1. The Kier molecular flexibility index (Phi) is 4.78. The Labute approximate surface area is 209 Å². The number of fused-ring (bicyclic) bond motifs is 2. The summed E-state index contributed by atoms with van der Waals surface area (Å²) in [7, 11) is 0. The van der Waals surface area contributed by atoms with Crippen molar-refractivity contribution in [1.82, 2.24) is 24.9 Å². The zero-order valence-corrected chi connectivity index (χ0v) is 21.1. The van der Waals surface area contributed by atoms with Crippen LogP contribution in [-0.2, 0) is 22.2 Å². The summed E-state index contributed by atoms with van der Waals surface area (Å²) in [5.41, 5.74) is 8.19. The van der Waals surface area contributed by atoms with E-state index in [1.54, 1.807) is 0 Å². The third-order valence-corrected chi connectivity index (χ3v) is 8.46. The predicted molar refractivity (Wildman–Crippen MR) is 134 cm³/mol. The quantitative estimate of drug-likeness (QED) is 0.586. The summed E-state index contributed by atoms with van der Waals surface area (Å²) in [4.78, 5) is 40.3. The third kappa shape index (κ3) is 3.47. The van der Waals surface area contributed by atoms with E-state index in [0.29, 0.717) is 36.1 Å². The van der Waals surface area contributed by atoms with E-state index >= 15 is 0 Å². The monoisotopic (exact) mass is 488 g/mol. The van der Waals surface area contributed by atoms with Gasteiger partial charge in [-0.3, -0.25) is 24.2 Å². The van der Waals surface area contributed by atoms with Crippen LogP contribution in [0.3, 0.4) is 0 Å². The van der Waals surface area contributed by atoms with Gasteiger partial charge in [0.25, 0.3) is 5.91 Å². The van der Waals surface area contributed by atoms with Gasteiger partial charge in [-0.05, 0) is 69.9 Å². The lowest BCUT2D eigenvalue weighted by atomic mass is 9.67. The molecule has 6 rings (SSSR count). The molecule has 3 aromatic rings. The standard InChI is InChI=1S/C27H32N6O3/c1-25(2,3)33-15-16-13-26(14-20(34)21(16)31-33)8-10-32(11-9-26)24(36)27(6-7-27)17-4-5-18-19(12-17)29-30-22(18)23(28)35/h4-5,12,15H,6-11,13-14H2,1-3H3,(H2,28,35)(H,29,30). The molecular weight excluding hydrogens is 456 g/mol. The maximum absolute atomic E-state index is 13.7. The molecule has 188 valence electrons. The molecule has 1 aliphatic heterocycles. The summed E-state index contributed by atoms with van der Waals surface area (Å²) < 4.78 is 1.91. The number of aromatic amines is 1. The minimum atomic E-state index is -0.576. The fourth-order valence-electron chi connectivity index (χ4n) is 6.10. The van der Waals surface area contributed by atoms with Gasteiger partial charge in [0.05, 0.1) is 16.5 Å². The molecule has 2 aromatic heterocycles. The number of likely N-dealkylation sites (tertiary alicyclic amines) is 1. The molecule has 3 heterocycles. The fourth-order valence-corrected chi connectivity index (χ4v) is 6.10. The number of rotatable bonds is 3. The Morgan fingerprint density at radius 3 is 2.44 bits per heavy atom. The van der Waals surface area contributed by atoms with Gasteiger partial charge < -0.3 is 10.6 Å². The SMILES string of the molecule is CC(C)(C)n1cc2c(n1)C(=O)CC1(CCN(C(=O)C3(c4ccc5c(C(N)=O)n[nH]c5c4)CC3)CC1)C2. The highest BCUT2D eigenvalue weighted by Gasteiger charge is 2.54. The Bertz CT molecular complexity index is 1410. The van der Waals surface area contributed by atoms with Crippen molar-refractivity contribution in [1.29, 1.82) is 0 Å². The van der Waals surface area contributed by atoms with Gasteiger partial charge in [0.2, 0.25) is 5.91 Å². The number of nitrogens with two attached hydrogens (primary N) is 1. The number of benzene rings is 1. The molecule has 1 saturated heterocycles. The average molecular weight is 489 g/mol. The first-order chi connectivity index (χ1) is 17.0. The number of piperidine rings is 1. The van der Waals surface area contributed by atoms with E-state index in [2.05, 4.69) is 36.1 Å². The number of hydrogen-bond acceptors (Lipinski definition) is 5. The lowest BCUT2D eigenvalue weighted by Gasteiger charge is -2.44. The lowest BCUT2D eigenvalue weighted by molar-refractivity contribution is -0.136. The number of carbonyl (C=O) groups excluding carboxylic acids is 3. The normalized spacial score (nSPS) is 20.5. The topological polar surface area (TPSA) is 127 Å². The van der Waals surface area contributed by atoms with Crippen LogP contribution in [0.25, 0.3) is 10.9 Å². The van der Waals surface area contributed by atoms with Crippen molar-refractivity contribution in [2.45, 2.75) is 70.3 Å². The van der Waals surface area contributed by atoms with E-state index < -0.39 is 11.3 Å². The molecule has 36 heavy (non-hydrogen) atoms. The molecule has 2 amide bonds. The molecule has 3 N–H and O–H groups in total. The first kappa shape index (κ1) is 22.9. The Morgan fingerprint density at radius 1 is 1.08 bits per heavy atom. The van der Waals surface area contributed by atoms with Crippen molar-refractivity contribution in [3.63, 3.8) is 0 Å². The van der Waals surface area contributed by atoms with E-state index in [0.717, 1.165) is 43.2 Å². The second-order valence-corrected chi connectivity index (χ2v) is 12.0. The van der Waals surface area contributed by atoms with Gasteiger partial charge in [-0.25, -0.2) is 0 Å². The molecule has 9 nitrogen and oxygen atoms in total. The summed E-state index contributed by atoms with van der Waals surface area (Å²) in [5.74, 6) is -0.289. The van der Waals surface area contributed by atoms with E-state index in [9.17, 15) is 14.4 Å². The molecular formula is C27H32N6O3. The van der Waals surface area contributed by atoms with Gasteiger partial charge in [-0.15, -0.1) is 0 Å². The molecule has 1 aromatic carbocycles. The van der Waals surface area contributed by atoms with Gasteiger partial charge in [-0.1, -0.05) is 12.1 Å². The molecule has 2 aliphatic carbocycles. The number of nitrogens with one attached hydrogen (secondary N) is 1. The highest BCUT2D eigenvalue weighted by molar-refractivity contribution is 6.04. The minimum Gasteiger partial charge on any atom is -0.364 e. The van der Waals surface area contributed by atoms with Gasteiger partial charge in [0.15, 0.2) is 11.5 Å². The highest BCUT2D eigenvalue weighted by atomic mass is 16.2. The number of nitrogens with zero attached hydrogens (tertiary/aromatic N) is 4. The van der Waals surface area contributed by atoms with E-state index in [-0.39, 0.29) is 28.3 Å². The Hall–Kier alpha value is -3.49. The smallest absolute Gasteiger partial charge is 0.269 e. The first-order valence-corrected chi connectivity index (χ1v) is 12.7. The Morgan fingerprint density at radius 2 is 1.81 bits per heavy atom. The van der Waals surface area contributed by atoms with Gasteiger partial charge >= 0.3 is 0 Å². The summed E-state index contributed by atoms with van der Waals surface area (Å²) >= 11 is 0. The maximum Gasteiger partial charge on any atom is 0.269 e. The Balaban J connectivity index is 1.19. The van der Waals surface area contributed by atoms with Crippen LogP contribution >= 0.6 is 0 Å². The van der Waals surface area contributed by atoms with Gasteiger partial charge in [0.1, 0.15) is 5.69 Å². The van der Waals surface area contributed by atoms with Crippen LogP contribution in [0.2, 0.25) is 0 Å². The second kappa shape index (κ2) is 7.51. The van der Waals surface area contributed by atoms with Crippen LogP contribution in [0.1, 0.15) is 85.0 Å². The average Bonchev–Trinajstić information content (AvgIpc) is 3.32. The van der Waals surface area contributed by atoms with Crippen LogP contribution < -0.4 is 5.73 Å². The van der Waals surface area contributed by atoms with Crippen molar-refractivity contribution in [3.05, 3.63) is 46.9 Å². The van der Waals surface area contributed by atoms with Crippen LogP contribution in [0.4, 0.5) is 0 Å². The largest absolute Gasteiger partial charge is 0.364 e. The van der Waals surface area contributed by atoms with Crippen LogP contribution in [0, 0.1) is 5.41 Å². The molecule has 9 heteroatoms. The number of amides is 2. The fraction of sp³-hybridized carbons (Fsp3) is 0.519. The van der Waals surface area contributed by atoms with Crippen LogP contribution in [0.5, 0.6) is 0 Å².